The summed E-state index contributed by atoms with van der Waals surface area (Å²) in [6.45, 7) is 3.06. The maximum absolute atomic E-state index is 12.9. The molecule has 1 aromatic carbocycles. The smallest absolute Gasteiger partial charge is 0.227 e. The van der Waals surface area contributed by atoms with Crippen LogP contribution in [-0.4, -0.2) is 64.4 Å². The number of carbonyl (C=O) groups is 1. The predicted molar refractivity (Wildman–Crippen MR) is 95.3 cm³/mol. The van der Waals surface area contributed by atoms with Crippen LogP contribution in [0.5, 0.6) is 11.5 Å². The highest BCUT2D eigenvalue weighted by Gasteiger charge is 2.31. The fraction of sp³-hybridized carbons (Fsp3) is 0.632. The lowest BCUT2D eigenvalue weighted by Gasteiger charge is -2.32. The van der Waals surface area contributed by atoms with Crippen molar-refractivity contribution in [3.63, 3.8) is 0 Å². The van der Waals surface area contributed by atoms with Crippen LogP contribution < -0.4 is 14.8 Å². The first kappa shape index (κ1) is 18.0. The highest BCUT2D eigenvalue weighted by atomic mass is 16.5. The SMILES string of the molecule is COc1cc2c(cc1OC)CCN(C(=O)C1CNCC(OC)C1)CC2. The molecule has 1 N–H and O–H groups in total. The number of hydrogen-bond donors (Lipinski definition) is 1. The van der Waals surface area contributed by atoms with Gasteiger partial charge in [-0.25, -0.2) is 0 Å². The van der Waals surface area contributed by atoms with Crippen LogP contribution in [0.3, 0.4) is 0 Å². The number of hydrogen-bond acceptors (Lipinski definition) is 5. The van der Waals surface area contributed by atoms with Crippen molar-refractivity contribution in [3.05, 3.63) is 23.3 Å². The molecule has 0 radical (unpaired) electrons. The Morgan fingerprint density at radius 2 is 1.64 bits per heavy atom. The molecule has 6 nitrogen and oxygen atoms in total. The molecule has 0 spiro atoms. The number of nitrogens with zero attached hydrogens (tertiary/aromatic N) is 1. The van der Waals surface area contributed by atoms with E-state index in [-0.39, 0.29) is 17.9 Å². The summed E-state index contributed by atoms with van der Waals surface area (Å²) in [5, 5.41) is 3.31. The molecule has 1 fully saturated rings. The first-order valence-corrected chi connectivity index (χ1v) is 8.92. The van der Waals surface area contributed by atoms with E-state index < -0.39 is 0 Å². The number of fused-ring (bicyclic) bond motifs is 1. The molecule has 2 aliphatic rings. The second kappa shape index (κ2) is 8.06. The van der Waals surface area contributed by atoms with Crippen molar-refractivity contribution in [1.82, 2.24) is 10.2 Å². The number of methoxy groups -OCH3 is 3. The molecule has 0 bridgehead atoms. The number of amides is 1. The maximum Gasteiger partial charge on any atom is 0.227 e. The van der Waals surface area contributed by atoms with E-state index in [1.807, 2.05) is 17.0 Å². The Hall–Kier alpha value is -1.79. The van der Waals surface area contributed by atoms with Gasteiger partial charge in [0.25, 0.3) is 0 Å². The van der Waals surface area contributed by atoms with E-state index in [0.717, 1.165) is 56.9 Å². The van der Waals surface area contributed by atoms with E-state index in [1.54, 1.807) is 21.3 Å². The number of ether oxygens (including phenoxy) is 3. The average Bonchev–Trinajstić information content (AvgIpc) is 2.88. The third-order valence-corrected chi connectivity index (χ3v) is 5.31. The predicted octanol–water partition coefficient (Wildman–Crippen LogP) is 1.26. The molecule has 1 saturated heterocycles. The Kier molecular flexibility index (Phi) is 5.81. The number of piperidine rings is 1. The largest absolute Gasteiger partial charge is 0.493 e. The van der Waals surface area contributed by atoms with Crippen molar-refractivity contribution in [2.24, 2.45) is 5.92 Å². The molecular formula is C19H28N2O4. The minimum absolute atomic E-state index is 0.00369. The van der Waals surface area contributed by atoms with Crippen LogP contribution >= 0.6 is 0 Å². The number of rotatable bonds is 4. The minimum atomic E-state index is 0.00369. The molecule has 25 heavy (non-hydrogen) atoms. The topological polar surface area (TPSA) is 60.0 Å². The summed E-state index contributed by atoms with van der Waals surface area (Å²) in [7, 11) is 5.01. The number of benzene rings is 1. The Morgan fingerprint density at radius 3 is 2.16 bits per heavy atom. The first-order valence-electron chi connectivity index (χ1n) is 8.92. The highest BCUT2D eigenvalue weighted by molar-refractivity contribution is 5.79. The van der Waals surface area contributed by atoms with E-state index in [9.17, 15) is 4.79 Å². The normalized spacial score (nSPS) is 23.6. The molecule has 138 valence electrons. The van der Waals surface area contributed by atoms with Crippen molar-refractivity contribution in [2.45, 2.75) is 25.4 Å². The summed E-state index contributed by atoms with van der Waals surface area (Å²) < 4.78 is 16.2. The van der Waals surface area contributed by atoms with Crippen LogP contribution in [0.1, 0.15) is 17.5 Å². The third-order valence-electron chi connectivity index (χ3n) is 5.31. The fourth-order valence-electron chi connectivity index (χ4n) is 3.80. The molecule has 2 aliphatic heterocycles. The lowest BCUT2D eigenvalue weighted by molar-refractivity contribution is -0.137. The van der Waals surface area contributed by atoms with Gasteiger partial charge in [0.15, 0.2) is 11.5 Å². The second-order valence-corrected chi connectivity index (χ2v) is 6.75. The third kappa shape index (κ3) is 3.90. The van der Waals surface area contributed by atoms with E-state index in [1.165, 1.54) is 11.1 Å². The monoisotopic (exact) mass is 348 g/mol. The van der Waals surface area contributed by atoms with Gasteiger partial charge in [0, 0.05) is 33.3 Å². The van der Waals surface area contributed by atoms with Gasteiger partial charge in [-0.15, -0.1) is 0 Å². The lowest BCUT2D eigenvalue weighted by atomic mass is 9.96. The van der Waals surface area contributed by atoms with Crippen molar-refractivity contribution in [3.8, 4) is 11.5 Å². The molecule has 1 amide bonds. The summed E-state index contributed by atoms with van der Waals surface area (Å²) in [5.41, 5.74) is 2.48. The average molecular weight is 348 g/mol. The Bertz CT molecular complexity index is 585. The molecule has 2 heterocycles. The maximum atomic E-state index is 12.9. The van der Waals surface area contributed by atoms with Gasteiger partial charge in [-0.2, -0.15) is 0 Å². The zero-order valence-electron chi connectivity index (χ0n) is 15.3. The summed E-state index contributed by atoms with van der Waals surface area (Å²) >= 11 is 0. The molecule has 3 rings (SSSR count). The lowest BCUT2D eigenvalue weighted by Crippen LogP contribution is -2.48. The summed E-state index contributed by atoms with van der Waals surface area (Å²) in [4.78, 5) is 14.9. The number of carbonyl (C=O) groups excluding carboxylic acids is 1. The Morgan fingerprint density at radius 1 is 1.04 bits per heavy atom. The minimum Gasteiger partial charge on any atom is -0.493 e. The standard InChI is InChI=1S/C19H28N2O4/c1-23-16-8-15(11-20-12-16)19(22)21-6-4-13-9-17(24-2)18(25-3)10-14(13)5-7-21/h9-10,15-16,20H,4-8,11-12H2,1-3H3. The summed E-state index contributed by atoms with van der Waals surface area (Å²) in [6.07, 6.45) is 2.61. The molecule has 0 aromatic heterocycles. The van der Waals surface area contributed by atoms with Gasteiger partial charge in [0.1, 0.15) is 0 Å². The molecule has 6 heteroatoms. The molecule has 1 aromatic rings. The van der Waals surface area contributed by atoms with Crippen molar-refractivity contribution in [2.75, 3.05) is 47.5 Å². The van der Waals surface area contributed by atoms with E-state index in [4.69, 9.17) is 14.2 Å². The van der Waals surface area contributed by atoms with Crippen LogP contribution in [0.2, 0.25) is 0 Å². The van der Waals surface area contributed by atoms with Crippen LogP contribution in [0.4, 0.5) is 0 Å². The van der Waals surface area contributed by atoms with Crippen LogP contribution in [0, 0.1) is 5.92 Å². The highest BCUT2D eigenvalue weighted by Crippen LogP contribution is 2.32. The van der Waals surface area contributed by atoms with Crippen LogP contribution in [0.15, 0.2) is 12.1 Å². The molecule has 0 saturated carbocycles. The van der Waals surface area contributed by atoms with Gasteiger partial charge < -0.3 is 24.4 Å². The van der Waals surface area contributed by atoms with Gasteiger partial charge in [-0.1, -0.05) is 0 Å². The van der Waals surface area contributed by atoms with Crippen molar-refractivity contribution >= 4 is 5.91 Å². The van der Waals surface area contributed by atoms with Gasteiger partial charge in [-0.3, -0.25) is 4.79 Å². The Balaban J connectivity index is 1.70. The second-order valence-electron chi connectivity index (χ2n) is 6.75. The van der Waals surface area contributed by atoms with Crippen LogP contribution in [-0.2, 0) is 22.4 Å². The zero-order valence-corrected chi connectivity index (χ0v) is 15.3. The molecule has 2 atom stereocenters. The van der Waals surface area contributed by atoms with E-state index in [2.05, 4.69) is 5.32 Å². The van der Waals surface area contributed by atoms with Crippen molar-refractivity contribution < 1.29 is 19.0 Å². The van der Waals surface area contributed by atoms with Gasteiger partial charge >= 0.3 is 0 Å². The van der Waals surface area contributed by atoms with Gasteiger partial charge in [0.05, 0.1) is 26.2 Å². The summed E-state index contributed by atoms with van der Waals surface area (Å²) in [5.74, 6) is 1.74. The van der Waals surface area contributed by atoms with Crippen LogP contribution in [0.25, 0.3) is 0 Å². The number of nitrogens with one attached hydrogen (secondary N) is 1. The molecular weight excluding hydrogens is 320 g/mol. The quantitative estimate of drug-likeness (QED) is 0.888. The Labute approximate surface area is 149 Å². The fourth-order valence-corrected chi connectivity index (χ4v) is 3.80. The molecule has 0 aliphatic carbocycles. The summed E-state index contributed by atoms with van der Waals surface area (Å²) in [6, 6.07) is 4.09. The molecule has 2 unspecified atom stereocenters. The van der Waals surface area contributed by atoms with Gasteiger partial charge in [-0.05, 0) is 42.5 Å². The zero-order chi connectivity index (χ0) is 17.8. The van der Waals surface area contributed by atoms with Gasteiger partial charge in [0.2, 0.25) is 5.91 Å². The van der Waals surface area contributed by atoms with E-state index in [0.29, 0.717) is 0 Å². The van der Waals surface area contributed by atoms with E-state index >= 15 is 0 Å². The first-order chi connectivity index (χ1) is 12.2. The van der Waals surface area contributed by atoms with Crippen molar-refractivity contribution in [1.29, 1.82) is 0 Å².